The maximum absolute atomic E-state index is 6.30. The molecule has 0 fully saturated rings. The minimum atomic E-state index is -0.245. The van der Waals surface area contributed by atoms with Crippen molar-refractivity contribution in [2.45, 2.75) is 0 Å². The lowest BCUT2D eigenvalue weighted by molar-refractivity contribution is 1.19. The van der Waals surface area contributed by atoms with Crippen molar-refractivity contribution >= 4 is 6.31 Å². The van der Waals surface area contributed by atoms with Gasteiger partial charge in [0.1, 0.15) is 1.37 Å². The van der Waals surface area contributed by atoms with Crippen LogP contribution in [0.15, 0.2) is 0 Å². The zero-order valence-electron chi connectivity index (χ0n) is 3.50. The average Bonchev–Trinajstić information content (AvgIpc) is 1.38. The van der Waals surface area contributed by atoms with Crippen LogP contribution in [0.3, 0.4) is 0 Å². The molecular formula is C2H6N2. The summed E-state index contributed by atoms with van der Waals surface area (Å²) in [4.78, 5) is 0. The van der Waals surface area contributed by atoms with Gasteiger partial charge in [0, 0.05) is 7.05 Å². The summed E-state index contributed by atoms with van der Waals surface area (Å²) in [6.07, 6.45) is -0.245. The fourth-order valence-corrected chi connectivity index (χ4v) is 0. The minimum absolute atomic E-state index is 0.245. The topological polar surface area (TPSA) is 35.9 Å². The second kappa shape index (κ2) is 2.47. The SMILES string of the molecule is [3H]C(=N)NC. The van der Waals surface area contributed by atoms with E-state index >= 15 is 0 Å². The minimum Gasteiger partial charge on any atom is -0.380 e. The van der Waals surface area contributed by atoms with Crippen LogP contribution in [0.4, 0.5) is 0 Å². The van der Waals surface area contributed by atoms with Crippen molar-refractivity contribution in [3.05, 3.63) is 0 Å². The molecule has 0 aromatic heterocycles. The van der Waals surface area contributed by atoms with Crippen molar-refractivity contribution in [1.29, 1.82) is 5.41 Å². The van der Waals surface area contributed by atoms with Gasteiger partial charge in [0.25, 0.3) is 0 Å². The maximum Gasteiger partial charge on any atom is 0.103 e. The average molecular weight is 60.1 g/mol. The van der Waals surface area contributed by atoms with Crippen molar-refractivity contribution in [3.8, 4) is 0 Å². The molecule has 0 saturated carbocycles. The van der Waals surface area contributed by atoms with E-state index in [4.69, 9.17) is 6.78 Å². The van der Waals surface area contributed by atoms with Crippen molar-refractivity contribution in [1.82, 2.24) is 5.32 Å². The molecule has 0 unspecified atom stereocenters. The van der Waals surface area contributed by atoms with E-state index in [-0.39, 0.29) is 6.31 Å². The summed E-state index contributed by atoms with van der Waals surface area (Å²) < 4.78 is 6.30. The fourth-order valence-electron chi connectivity index (χ4n) is 0. The first kappa shape index (κ1) is 1.76. The molecule has 0 spiro atoms. The van der Waals surface area contributed by atoms with Crippen LogP contribution >= 0.6 is 0 Å². The summed E-state index contributed by atoms with van der Waals surface area (Å²) in [5.41, 5.74) is 0. The Morgan fingerprint density at radius 1 is 2.50 bits per heavy atom. The van der Waals surface area contributed by atoms with E-state index in [9.17, 15) is 0 Å². The largest absolute Gasteiger partial charge is 0.380 e. The van der Waals surface area contributed by atoms with Gasteiger partial charge < -0.3 is 5.32 Å². The second-order valence-electron chi connectivity index (χ2n) is 0.375. The molecule has 0 aliphatic rings. The Kier molecular flexibility index (Phi) is 1.09. The first-order chi connectivity index (χ1) is 2.27. The molecule has 2 N–H and O–H groups in total. The van der Waals surface area contributed by atoms with Gasteiger partial charge in [0.2, 0.25) is 0 Å². The highest BCUT2D eigenvalue weighted by Gasteiger charge is 1.37. The van der Waals surface area contributed by atoms with Crippen LogP contribution in [0.25, 0.3) is 0 Å². The van der Waals surface area contributed by atoms with Gasteiger partial charge in [-0.2, -0.15) is 0 Å². The monoisotopic (exact) mass is 60.1 g/mol. The zero-order valence-corrected chi connectivity index (χ0v) is 2.50. The molecule has 2 heteroatoms. The quantitative estimate of drug-likeness (QED) is 0.295. The molecule has 2 nitrogen and oxygen atoms in total. The van der Waals surface area contributed by atoms with Crippen LogP contribution in [0.5, 0.6) is 0 Å². The smallest absolute Gasteiger partial charge is 0.103 e. The Morgan fingerprint density at radius 3 is 2.75 bits per heavy atom. The second-order valence-corrected chi connectivity index (χ2v) is 0.375. The number of rotatable bonds is 0. The molecule has 0 heterocycles. The van der Waals surface area contributed by atoms with Gasteiger partial charge in [-0.3, -0.25) is 5.41 Å². The van der Waals surface area contributed by atoms with E-state index in [0.29, 0.717) is 0 Å². The molecule has 0 aromatic rings. The fraction of sp³-hybridized carbons (Fsp3) is 0.500. The lowest BCUT2D eigenvalue weighted by Gasteiger charge is -1.68. The van der Waals surface area contributed by atoms with Crippen LogP contribution in [0.1, 0.15) is 1.37 Å². The maximum atomic E-state index is 6.30. The number of hydrogen-bond acceptors (Lipinski definition) is 1. The Balaban J connectivity index is 2.85. The third-order valence-corrected chi connectivity index (χ3v) is 0.125. The van der Waals surface area contributed by atoms with Gasteiger partial charge in [0.05, 0.1) is 6.31 Å². The summed E-state index contributed by atoms with van der Waals surface area (Å²) in [7, 11) is 1.54. The van der Waals surface area contributed by atoms with Gasteiger partial charge in [-0.05, 0) is 0 Å². The summed E-state index contributed by atoms with van der Waals surface area (Å²) in [5, 5.41) is 8.58. The molecule has 0 atom stereocenters. The Bertz CT molecular complexity index is 42.9. The summed E-state index contributed by atoms with van der Waals surface area (Å²) in [6.45, 7) is 0. The predicted octanol–water partition coefficient (Wildman–Crippen LogP) is -0.187. The highest BCUT2D eigenvalue weighted by atomic mass is 14.8. The standard InChI is InChI=1S/C2H6N2/c1-4-2-3/h2H,1H3,(H2,3,4)/i2T. The van der Waals surface area contributed by atoms with E-state index in [0.717, 1.165) is 0 Å². The van der Waals surface area contributed by atoms with Crippen molar-refractivity contribution in [2.75, 3.05) is 7.05 Å². The molecule has 0 amide bonds. The van der Waals surface area contributed by atoms with E-state index < -0.39 is 0 Å². The lowest BCUT2D eigenvalue weighted by atomic mass is 11.2. The normalized spacial score (nSPS) is 8.75. The summed E-state index contributed by atoms with van der Waals surface area (Å²) >= 11 is 0. The van der Waals surface area contributed by atoms with Crippen molar-refractivity contribution in [2.24, 2.45) is 0 Å². The van der Waals surface area contributed by atoms with Gasteiger partial charge in [-0.25, -0.2) is 0 Å². The Labute approximate surface area is 26.7 Å². The van der Waals surface area contributed by atoms with Crippen molar-refractivity contribution in [3.63, 3.8) is 0 Å². The summed E-state index contributed by atoms with van der Waals surface area (Å²) in [5.74, 6) is 0. The first-order valence-corrected chi connectivity index (χ1v) is 1.00. The van der Waals surface area contributed by atoms with Crippen LogP contribution in [0.2, 0.25) is 0 Å². The number of nitrogens with one attached hydrogen (secondary N) is 2. The molecule has 0 bridgehead atoms. The summed E-state index contributed by atoms with van der Waals surface area (Å²) in [6, 6.07) is 0. The lowest BCUT2D eigenvalue weighted by Crippen LogP contribution is -1.97. The molecule has 0 rings (SSSR count). The molecule has 0 aliphatic heterocycles. The van der Waals surface area contributed by atoms with Gasteiger partial charge >= 0.3 is 0 Å². The molecule has 0 saturated heterocycles. The molecule has 4 heavy (non-hydrogen) atoms. The van der Waals surface area contributed by atoms with Crippen molar-refractivity contribution < 1.29 is 1.37 Å². The van der Waals surface area contributed by atoms with E-state index in [1.54, 1.807) is 0 Å². The van der Waals surface area contributed by atoms with Crippen LogP contribution in [-0.4, -0.2) is 13.4 Å². The van der Waals surface area contributed by atoms with Gasteiger partial charge in [0.15, 0.2) is 0 Å². The zero-order chi connectivity index (χ0) is 4.28. The van der Waals surface area contributed by atoms with E-state index in [2.05, 4.69) is 5.32 Å². The van der Waals surface area contributed by atoms with E-state index in [1.807, 2.05) is 0 Å². The molecule has 0 aliphatic carbocycles. The van der Waals surface area contributed by atoms with Crippen LogP contribution < -0.4 is 5.32 Å². The predicted molar refractivity (Wildman–Crippen MR) is 17.8 cm³/mol. The molecular weight excluding hydrogens is 52.0 g/mol. The van der Waals surface area contributed by atoms with Crippen LogP contribution in [0, 0.1) is 5.41 Å². The van der Waals surface area contributed by atoms with Crippen LogP contribution in [-0.2, 0) is 0 Å². The Hall–Kier alpha value is -0.530. The third kappa shape index (κ3) is 1.47. The van der Waals surface area contributed by atoms with Gasteiger partial charge in [-0.15, -0.1) is 0 Å². The number of hydrogen-bond donors (Lipinski definition) is 2. The van der Waals surface area contributed by atoms with Gasteiger partial charge in [-0.1, -0.05) is 0 Å². The Morgan fingerprint density at radius 2 is 2.75 bits per heavy atom. The number of amidine groups is 1. The highest BCUT2D eigenvalue weighted by molar-refractivity contribution is 5.48. The molecule has 0 aromatic carbocycles. The third-order valence-electron chi connectivity index (χ3n) is 0.125. The first-order valence-electron chi connectivity index (χ1n) is 1.50. The van der Waals surface area contributed by atoms with E-state index in [1.165, 1.54) is 7.05 Å². The highest BCUT2D eigenvalue weighted by Crippen LogP contribution is 1.13. The molecule has 0 radical (unpaired) electrons. The molecule has 24 valence electrons.